The van der Waals surface area contributed by atoms with Gasteiger partial charge in [-0.05, 0) is 61.9 Å². The van der Waals surface area contributed by atoms with Crippen LogP contribution in [-0.4, -0.2) is 18.7 Å². The van der Waals surface area contributed by atoms with E-state index >= 15 is 0 Å². The van der Waals surface area contributed by atoms with Crippen LogP contribution in [0.2, 0.25) is 0 Å². The molecular formula is C27H28N4. The smallest absolute Gasteiger partial charge is 0.0991 e. The molecule has 0 atom stereocenters. The van der Waals surface area contributed by atoms with Crippen molar-refractivity contribution in [3.05, 3.63) is 95.2 Å². The van der Waals surface area contributed by atoms with E-state index in [1.165, 1.54) is 28.1 Å². The van der Waals surface area contributed by atoms with Crippen LogP contribution in [0.1, 0.15) is 22.3 Å². The zero-order valence-corrected chi connectivity index (χ0v) is 18.6. The molecule has 3 aromatic carbocycles. The first-order chi connectivity index (χ1) is 14.9. The van der Waals surface area contributed by atoms with E-state index in [0.29, 0.717) is 5.56 Å². The molecule has 1 heterocycles. The Morgan fingerprint density at radius 2 is 1.39 bits per heavy atom. The Balaban J connectivity index is 1.67. The van der Waals surface area contributed by atoms with Crippen LogP contribution in [0.5, 0.6) is 0 Å². The Morgan fingerprint density at radius 3 is 1.97 bits per heavy atom. The topological polar surface area (TPSA) is 35.2 Å². The Hall–Kier alpha value is -3.71. The van der Waals surface area contributed by atoms with E-state index in [1.807, 2.05) is 12.1 Å². The van der Waals surface area contributed by atoms with Crippen molar-refractivity contribution in [2.45, 2.75) is 27.1 Å². The number of fused-ring (bicyclic) bond motifs is 1. The first-order valence-corrected chi connectivity index (χ1v) is 10.5. The number of rotatable bonds is 6. The molecule has 4 rings (SSSR count). The van der Waals surface area contributed by atoms with Gasteiger partial charge in [0, 0.05) is 49.1 Å². The van der Waals surface area contributed by atoms with Gasteiger partial charge in [-0.1, -0.05) is 35.4 Å². The molecule has 0 saturated carbocycles. The van der Waals surface area contributed by atoms with E-state index < -0.39 is 0 Å². The Morgan fingerprint density at radius 1 is 0.806 bits per heavy atom. The third-order valence-corrected chi connectivity index (χ3v) is 5.81. The van der Waals surface area contributed by atoms with Crippen molar-refractivity contribution in [3.8, 4) is 6.07 Å². The second-order valence-corrected chi connectivity index (χ2v) is 8.33. The first kappa shape index (κ1) is 20.6. The van der Waals surface area contributed by atoms with E-state index in [9.17, 15) is 5.26 Å². The van der Waals surface area contributed by atoms with Gasteiger partial charge in [-0.15, -0.1) is 0 Å². The van der Waals surface area contributed by atoms with E-state index in [1.54, 1.807) is 0 Å². The van der Waals surface area contributed by atoms with Gasteiger partial charge in [0.05, 0.1) is 18.3 Å². The minimum Gasteiger partial charge on any atom is -0.370 e. The van der Waals surface area contributed by atoms with Gasteiger partial charge in [0.2, 0.25) is 0 Å². The minimum absolute atomic E-state index is 0.691. The Labute approximate surface area is 184 Å². The lowest BCUT2D eigenvalue weighted by molar-refractivity contribution is 0.705. The third kappa shape index (κ3) is 4.41. The van der Waals surface area contributed by atoms with Crippen LogP contribution < -0.4 is 9.80 Å². The SMILES string of the molecule is Cc1ccc(N(C)Cc2cn(CN(C)c3ccc(C)cc3)c3ccc(C#N)cc23)cc1. The van der Waals surface area contributed by atoms with Crippen LogP contribution in [0.4, 0.5) is 11.4 Å². The number of nitriles is 1. The van der Waals surface area contributed by atoms with Crippen LogP contribution in [0.25, 0.3) is 10.9 Å². The summed E-state index contributed by atoms with van der Waals surface area (Å²) in [5, 5.41) is 10.6. The maximum atomic E-state index is 9.42. The number of aromatic nitrogens is 1. The highest BCUT2D eigenvalue weighted by Crippen LogP contribution is 2.27. The maximum Gasteiger partial charge on any atom is 0.0991 e. The number of aryl methyl sites for hydroxylation is 2. The van der Waals surface area contributed by atoms with Crippen LogP contribution in [0.15, 0.2) is 72.9 Å². The molecular weight excluding hydrogens is 380 g/mol. The number of nitrogens with zero attached hydrogens (tertiary/aromatic N) is 4. The molecule has 1 aromatic heterocycles. The average Bonchev–Trinajstić information content (AvgIpc) is 3.10. The lowest BCUT2D eigenvalue weighted by Crippen LogP contribution is -2.20. The summed E-state index contributed by atoms with van der Waals surface area (Å²) in [4.78, 5) is 4.49. The molecule has 0 fully saturated rings. The van der Waals surface area contributed by atoms with Crippen molar-refractivity contribution < 1.29 is 0 Å². The summed E-state index contributed by atoms with van der Waals surface area (Å²) in [5.41, 5.74) is 7.92. The van der Waals surface area contributed by atoms with Gasteiger partial charge in [-0.2, -0.15) is 5.26 Å². The maximum absolute atomic E-state index is 9.42. The highest BCUT2D eigenvalue weighted by molar-refractivity contribution is 5.85. The van der Waals surface area contributed by atoms with Gasteiger partial charge in [0.1, 0.15) is 0 Å². The Kier molecular flexibility index (Phi) is 5.68. The highest BCUT2D eigenvalue weighted by Gasteiger charge is 2.13. The fraction of sp³-hybridized carbons (Fsp3) is 0.222. The molecule has 0 bridgehead atoms. The predicted molar refractivity (Wildman–Crippen MR) is 130 cm³/mol. The molecule has 4 aromatic rings. The van der Waals surface area contributed by atoms with Gasteiger partial charge in [-0.25, -0.2) is 0 Å². The number of benzene rings is 3. The molecule has 4 heteroatoms. The summed E-state index contributed by atoms with van der Waals surface area (Å²) in [6, 6.07) is 25.4. The molecule has 31 heavy (non-hydrogen) atoms. The van der Waals surface area contributed by atoms with E-state index in [0.717, 1.165) is 24.1 Å². The van der Waals surface area contributed by atoms with Gasteiger partial charge >= 0.3 is 0 Å². The lowest BCUT2D eigenvalue weighted by atomic mass is 10.1. The van der Waals surface area contributed by atoms with Crippen molar-refractivity contribution in [1.82, 2.24) is 4.57 Å². The summed E-state index contributed by atoms with van der Waals surface area (Å²) >= 11 is 0. The van der Waals surface area contributed by atoms with Gasteiger partial charge in [-0.3, -0.25) is 0 Å². The zero-order chi connectivity index (χ0) is 22.0. The molecule has 0 saturated heterocycles. The summed E-state index contributed by atoms with van der Waals surface area (Å²) < 4.78 is 2.27. The van der Waals surface area contributed by atoms with Crippen molar-refractivity contribution in [1.29, 1.82) is 5.26 Å². The van der Waals surface area contributed by atoms with E-state index in [4.69, 9.17) is 0 Å². The van der Waals surface area contributed by atoms with Crippen LogP contribution >= 0.6 is 0 Å². The summed E-state index contributed by atoms with van der Waals surface area (Å²) in [7, 11) is 4.22. The van der Waals surface area contributed by atoms with Crippen molar-refractivity contribution in [2.24, 2.45) is 0 Å². The second kappa shape index (κ2) is 8.57. The quantitative estimate of drug-likeness (QED) is 0.401. The second-order valence-electron chi connectivity index (χ2n) is 8.33. The van der Waals surface area contributed by atoms with E-state index in [-0.39, 0.29) is 0 Å². The van der Waals surface area contributed by atoms with Crippen molar-refractivity contribution >= 4 is 22.3 Å². The van der Waals surface area contributed by atoms with E-state index in [2.05, 4.69) is 109 Å². The van der Waals surface area contributed by atoms with Crippen molar-refractivity contribution in [3.63, 3.8) is 0 Å². The molecule has 0 radical (unpaired) electrons. The standard InChI is InChI=1S/C27H28N4/c1-20-5-10-24(11-6-20)29(3)17-23-18-31(27-14-9-22(16-28)15-26(23)27)19-30(4)25-12-7-21(2)8-13-25/h5-15,18H,17,19H2,1-4H3. The normalized spacial score (nSPS) is 10.8. The van der Waals surface area contributed by atoms with Gasteiger partial charge < -0.3 is 14.4 Å². The largest absolute Gasteiger partial charge is 0.370 e. The average molecular weight is 409 g/mol. The van der Waals surface area contributed by atoms with Crippen molar-refractivity contribution in [2.75, 3.05) is 23.9 Å². The van der Waals surface area contributed by atoms with Crippen LogP contribution in [0, 0.1) is 25.2 Å². The number of anilines is 2. The molecule has 156 valence electrons. The molecule has 0 amide bonds. The fourth-order valence-electron chi connectivity index (χ4n) is 3.94. The molecule has 0 spiro atoms. The summed E-state index contributed by atoms with van der Waals surface area (Å²) in [6.45, 7) is 5.72. The predicted octanol–water partition coefficient (Wildman–Crippen LogP) is 5.86. The summed E-state index contributed by atoms with van der Waals surface area (Å²) in [6.07, 6.45) is 2.22. The minimum atomic E-state index is 0.691. The van der Waals surface area contributed by atoms with Crippen LogP contribution in [0.3, 0.4) is 0 Å². The third-order valence-electron chi connectivity index (χ3n) is 5.81. The number of hydrogen-bond acceptors (Lipinski definition) is 3. The Bertz CT molecular complexity index is 1230. The zero-order valence-electron chi connectivity index (χ0n) is 18.6. The summed E-state index contributed by atoms with van der Waals surface area (Å²) in [5.74, 6) is 0. The lowest BCUT2D eigenvalue weighted by Gasteiger charge is -2.21. The van der Waals surface area contributed by atoms with Crippen LogP contribution in [-0.2, 0) is 13.2 Å². The highest BCUT2D eigenvalue weighted by atomic mass is 15.2. The molecule has 0 N–H and O–H groups in total. The molecule has 0 aliphatic rings. The molecule has 4 nitrogen and oxygen atoms in total. The monoisotopic (exact) mass is 408 g/mol. The van der Waals surface area contributed by atoms with Gasteiger partial charge in [0.15, 0.2) is 0 Å². The number of hydrogen-bond donors (Lipinski definition) is 0. The molecule has 0 unspecified atom stereocenters. The molecule has 0 aliphatic heterocycles. The molecule has 0 aliphatic carbocycles. The first-order valence-electron chi connectivity index (χ1n) is 10.5. The van der Waals surface area contributed by atoms with Gasteiger partial charge in [0.25, 0.3) is 0 Å². The fourth-order valence-corrected chi connectivity index (χ4v) is 3.94.